The van der Waals surface area contributed by atoms with Crippen LogP contribution in [0, 0.1) is 11.6 Å². The van der Waals surface area contributed by atoms with Crippen molar-refractivity contribution in [1.82, 2.24) is 0 Å². The number of hydrogen-bond donors (Lipinski definition) is 2. The van der Waals surface area contributed by atoms with E-state index in [4.69, 9.17) is 13.9 Å². The number of anilines is 1. The zero-order valence-corrected chi connectivity index (χ0v) is 13.1. The van der Waals surface area contributed by atoms with Crippen LogP contribution in [0.4, 0.5) is 14.5 Å². The van der Waals surface area contributed by atoms with Gasteiger partial charge >= 0.3 is 0 Å². The standard InChI is InChI=1S/C17H19F2NO4/c18-14-10(17-22-5-6-23-17)7-9-12(8-24-16(9)15(14)19)20-11-3-1-2-4-13(11)21/h7-8,11,13,17,20-21H,1-6H2/t11-,13-/m0/s1. The number of rotatable bonds is 3. The first-order valence-electron chi connectivity index (χ1n) is 8.22. The Kier molecular flexibility index (Phi) is 4.15. The minimum atomic E-state index is -1.06. The summed E-state index contributed by atoms with van der Waals surface area (Å²) in [6.45, 7) is 0.684. The number of furan rings is 1. The zero-order valence-electron chi connectivity index (χ0n) is 13.1. The maximum Gasteiger partial charge on any atom is 0.202 e. The monoisotopic (exact) mass is 339 g/mol. The van der Waals surface area contributed by atoms with Crippen LogP contribution in [0.3, 0.4) is 0 Å². The lowest BCUT2D eigenvalue weighted by atomic mass is 9.92. The van der Waals surface area contributed by atoms with Crippen LogP contribution in [0.2, 0.25) is 0 Å². The second-order valence-electron chi connectivity index (χ2n) is 6.30. The van der Waals surface area contributed by atoms with E-state index in [2.05, 4.69) is 5.32 Å². The van der Waals surface area contributed by atoms with Gasteiger partial charge in [0.1, 0.15) is 6.26 Å². The summed E-state index contributed by atoms with van der Waals surface area (Å²) in [5.74, 6) is -2.08. The normalized spacial score (nSPS) is 25.5. The van der Waals surface area contributed by atoms with E-state index in [1.807, 2.05) is 0 Å². The molecule has 0 bridgehead atoms. The number of hydrogen-bond acceptors (Lipinski definition) is 5. The molecule has 24 heavy (non-hydrogen) atoms. The minimum absolute atomic E-state index is 0.0196. The van der Waals surface area contributed by atoms with Gasteiger partial charge in [0, 0.05) is 10.9 Å². The maximum atomic E-state index is 14.3. The predicted octanol–water partition coefficient (Wildman–Crippen LogP) is 3.47. The fourth-order valence-corrected chi connectivity index (χ4v) is 3.43. The van der Waals surface area contributed by atoms with Crippen LogP contribution >= 0.6 is 0 Å². The van der Waals surface area contributed by atoms with Gasteiger partial charge in [0.2, 0.25) is 5.82 Å². The van der Waals surface area contributed by atoms with E-state index in [0.717, 1.165) is 25.7 Å². The third kappa shape index (κ3) is 2.66. The summed E-state index contributed by atoms with van der Waals surface area (Å²) in [7, 11) is 0. The topological polar surface area (TPSA) is 63.9 Å². The summed E-state index contributed by atoms with van der Waals surface area (Å²) < 4.78 is 44.4. The fraction of sp³-hybridized carbons (Fsp3) is 0.529. The van der Waals surface area contributed by atoms with Crippen molar-refractivity contribution < 1.29 is 27.8 Å². The van der Waals surface area contributed by atoms with E-state index in [0.29, 0.717) is 24.3 Å². The van der Waals surface area contributed by atoms with Crippen molar-refractivity contribution >= 4 is 16.7 Å². The van der Waals surface area contributed by atoms with Gasteiger partial charge < -0.3 is 24.3 Å². The second kappa shape index (κ2) is 6.31. The smallest absolute Gasteiger partial charge is 0.202 e. The van der Waals surface area contributed by atoms with Gasteiger partial charge in [-0.15, -0.1) is 0 Å². The molecule has 1 aliphatic carbocycles. The van der Waals surface area contributed by atoms with Gasteiger partial charge in [0.05, 0.1) is 31.0 Å². The van der Waals surface area contributed by atoms with Crippen LogP contribution in [-0.4, -0.2) is 30.5 Å². The van der Waals surface area contributed by atoms with Crippen LogP contribution < -0.4 is 5.32 Å². The minimum Gasteiger partial charge on any atom is -0.459 e. The number of aliphatic hydroxyl groups excluding tert-OH is 1. The summed E-state index contributed by atoms with van der Waals surface area (Å²) in [4.78, 5) is 0. The molecule has 7 heteroatoms. The molecule has 2 aliphatic rings. The van der Waals surface area contributed by atoms with Gasteiger partial charge in [-0.1, -0.05) is 12.8 Å². The Hall–Kier alpha value is -1.70. The molecule has 2 aromatic rings. The van der Waals surface area contributed by atoms with Crippen molar-refractivity contribution in [2.75, 3.05) is 18.5 Å². The summed E-state index contributed by atoms with van der Waals surface area (Å²) in [5.41, 5.74) is 0.405. The van der Waals surface area contributed by atoms with Gasteiger partial charge in [0.15, 0.2) is 17.7 Å². The van der Waals surface area contributed by atoms with Crippen molar-refractivity contribution in [3.8, 4) is 0 Å². The van der Waals surface area contributed by atoms with Crippen LogP contribution in [0.15, 0.2) is 16.7 Å². The molecule has 0 amide bonds. The van der Waals surface area contributed by atoms with Crippen molar-refractivity contribution in [3.63, 3.8) is 0 Å². The first-order chi connectivity index (χ1) is 11.6. The molecular formula is C17H19F2NO4. The number of ether oxygens (including phenoxy) is 2. The van der Waals surface area contributed by atoms with Gasteiger partial charge in [0.25, 0.3) is 0 Å². The Bertz CT molecular complexity index is 742. The summed E-state index contributed by atoms with van der Waals surface area (Å²) in [5, 5.41) is 13.7. The van der Waals surface area contributed by atoms with E-state index in [-0.39, 0.29) is 17.2 Å². The molecule has 1 saturated carbocycles. The lowest BCUT2D eigenvalue weighted by Gasteiger charge is -2.28. The number of halogens is 2. The molecule has 2 atom stereocenters. The Balaban J connectivity index is 1.71. The molecule has 2 N–H and O–H groups in total. The Morgan fingerprint density at radius 2 is 1.83 bits per heavy atom. The molecule has 1 saturated heterocycles. The summed E-state index contributed by atoms with van der Waals surface area (Å²) in [6, 6.07) is 1.36. The quantitative estimate of drug-likeness (QED) is 0.896. The second-order valence-corrected chi connectivity index (χ2v) is 6.30. The van der Waals surface area contributed by atoms with Gasteiger partial charge in [-0.2, -0.15) is 4.39 Å². The molecule has 0 unspecified atom stereocenters. The highest BCUT2D eigenvalue weighted by Gasteiger charge is 2.29. The molecule has 1 aromatic heterocycles. The average molecular weight is 339 g/mol. The first-order valence-corrected chi connectivity index (χ1v) is 8.22. The SMILES string of the molecule is O[C@H]1CCCC[C@@H]1Nc1coc2c(F)c(F)c(C3OCCO3)cc12. The Labute approximate surface area is 137 Å². The van der Waals surface area contributed by atoms with E-state index in [1.165, 1.54) is 12.3 Å². The lowest BCUT2D eigenvalue weighted by molar-refractivity contribution is -0.0467. The zero-order chi connectivity index (χ0) is 16.7. The molecule has 1 aliphatic heterocycles. The molecular weight excluding hydrogens is 320 g/mol. The third-order valence-corrected chi connectivity index (χ3v) is 4.72. The van der Waals surface area contributed by atoms with Gasteiger partial charge in [-0.25, -0.2) is 4.39 Å². The Morgan fingerprint density at radius 3 is 2.58 bits per heavy atom. The van der Waals surface area contributed by atoms with Crippen molar-refractivity contribution in [2.45, 2.75) is 44.1 Å². The number of nitrogens with one attached hydrogen (secondary N) is 1. The van der Waals surface area contributed by atoms with E-state index < -0.39 is 24.0 Å². The highest BCUT2D eigenvalue weighted by molar-refractivity contribution is 5.91. The number of fused-ring (bicyclic) bond motifs is 1. The van der Waals surface area contributed by atoms with E-state index in [9.17, 15) is 13.9 Å². The third-order valence-electron chi connectivity index (χ3n) is 4.72. The highest BCUT2D eigenvalue weighted by Crippen LogP contribution is 2.36. The lowest BCUT2D eigenvalue weighted by Crippen LogP contribution is -2.36. The molecule has 4 rings (SSSR count). The molecule has 2 fully saturated rings. The maximum absolute atomic E-state index is 14.3. The molecule has 1 aromatic carbocycles. The van der Waals surface area contributed by atoms with Crippen molar-refractivity contribution in [1.29, 1.82) is 0 Å². The number of aliphatic hydroxyl groups is 1. The highest BCUT2D eigenvalue weighted by atomic mass is 19.2. The van der Waals surface area contributed by atoms with Crippen LogP contribution in [0.1, 0.15) is 37.5 Å². The largest absolute Gasteiger partial charge is 0.459 e. The fourth-order valence-electron chi connectivity index (χ4n) is 3.43. The van der Waals surface area contributed by atoms with Crippen LogP contribution in [0.25, 0.3) is 11.0 Å². The van der Waals surface area contributed by atoms with Crippen molar-refractivity contribution in [3.05, 3.63) is 29.5 Å². The summed E-state index contributed by atoms with van der Waals surface area (Å²) >= 11 is 0. The van der Waals surface area contributed by atoms with Crippen LogP contribution in [0.5, 0.6) is 0 Å². The van der Waals surface area contributed by atoms with Crippen molar-refractivity contribution in [2.24, 2.45) is 0 Å². The average Bonchev–Trinajstić information content (AvgIpc) is 3.23. The first kappa shape index (κ1) is 15.8. The molecule has 2 heterocycles. The molecule has 0 radical (unpaired) electrons. The van der Waals surface area contributed by atoms with Gasteiger partial charge in [-0.3, -0.25) is 0 Å². The van der Waals surface area contributed by atoms with Crippen LogP contribution in [-0.2, 0) is 9.47 Å². The molecule has 5 nitrogen and oxygen atoms in total. The predicted molar refractivity (Wildman–Crippen MR) is 82.7 cm³/mol. The molecule has 130 valence electrons. The summed E-state index contributed by atoms with van der Waals surface area (Å²) in [6.07, 6.45) is 3.54. The number of benzene rings is 1. The molecule has 0 spiro atoms. The van der Waals surface area contributed by atoms with E-state index >= 15 is 0 Å². The Morgan fingerprint density at radius 1 is 1.08 bits per heavy atom. The van der Waals surface area contributed by atoms with Gasteiger partial charge in [-0.05, 0) is 18.9 Å². The van der Waals surface area contributed by atoms with E-state index in [1.54, 1.807) is 0 Å².